The molecule has 8 aromatic carbocycles. The van der Waals surface area contributed by atoms with E-state index in [0.29, 0.717) is 0 Å². The second-order valence-corrected chi connectivity index (χ2v) is 15.9. The molecule has 0 saturated heterocycles. The highest BCUT2D eigenvalue weighted by molar-refractivity contribution is 7.26. The number of benzene rings is 8. The summed E-state index contributed by atoms with van der Waals surface area (Å²) in [4.78, 5) is 0. The molecule has 1 nitrogen and oxygen atoms in total. The van der Waals surface area contributed by atoms with E-state index in [9.17, 15) is 0 Å². The molecule has 0 saturated carbocycles. The van der Waals surface area contributed by atoms with E-state index >= 15 is 0 Å². The third-order valence-corrected chi connectivity index (χ3v) is 13.2. The van der Waals surface area contributed by atoms with Gasteiger partial charge in [0.1, 0.15) is 11.2 Å². The molecule has 0 aliphatic heterocycles. The largest absolute Gasteiger partial charge is 0.456 e. The van der Waals surface area contributed by atoms with Crippen LogP contribution in [0.2, 0.25) is 0 Å². The summed E-state index contributed by atoms with van der Waals surface area (Å²) in [5, 5.41) is 15.4. The Morgan fingerprint density at radius 1 is 0.444 bits per heavy atom. The van der Waals surface area contributed by atoms with E-state index in [1.54, 1.807) is 0 Å². The van der Waals surface area contributed by atoms with Crippen molar-refractivity contribution in [2.45, 2.75) is 25.7 Å². The molecular weight excluding hydrogens is 673 g/mol. The van der Waals surface area contributed by atoms with E-state index in [2.05, 4.69) is 158 Å². The van der Waals surface area contributed by atoms with Crippen molar-refractivity contribution in [1.82, 2.24) is 0 Å². The van der Waals surface area contributed by atoms with Crippen LogP contribution in [0.25, 0.3) is 114 Å². The quantitative estimate of drug-likeness (QED) is 0.178. The molecule has 0 bridgehead atoms. The summed E-state index contributed by atoms with van der Waals surface area (Å²) in [5.41, 5.74) is 9.91. The Kier molecular flexibility index (Phi) is 6.52. The van der Waals surface area contributed by atoms with Crippen molar-refractivity contribution >= 4 is 103 Å². The molecule has 0 N–H and O–H groups in total. The summed E-state index contributed by atoms with van der Waals surface area (Å²) < 4.78 is 9.15. The lowest BCUT2D eigenvalue weighted by Gasteiger charge is -2.21. The number of fused-ring (bicyclic) bond motifs is 11. The third-order valence-electron chi connectivity index (χ3n) is 12.0. The molecule has 0 unspecified atom stereocenters. The number of rotatable bonds is 3. The standard InChI is InChI=1S/C52H34OS/c1-2-14-31(15-3-1)32-26-27-41(34-17-5-4-16-33(32)34)50-37-20-6-8-22-39(37)51(40-23-9-7-21-38(40)50)44-29-45-36-19-11-13-25-49(36)54-52(45)46-30-48-43(28-42(44)46)35-18-10-12-24-47(35)53-48/h1-2,4-6,8,10-14,16-30H,3,7,9,15H2. The van der Waals surface area contributed by atoms with Crippen molar-refractivity contribution in [2.75, 3.05) is 0 Å². The predicted molar refractivity (Wildman–Crippen MR) is 234 cm³/mol. The molecule has 2 aliphatic carbocycles. The molecule has 54 heavy (non-hydrogen) atoms. The summed E-state index contributed by atoms with van der Waals surface area (Å²) in [5.74, 6) is 0. The lowest BCUT2D eigenvalue weighted by molar-refractivity contribution is 0.669. The van der Waals surface area contributed by atoms with Crippen molar-refractivity contribution in [3.8, 4) is 22.3 Å². The molecule has 2 heterocycles. The molecule has 0 spiro atoms. The van der Waals surface area contributed by atoms with Crippen LogP contribution >= 0.6 is 11.3 Å². The maximum atomic E-state index is 6.52. The Balaban J connectivity index is 1.23. The van der Waals surface area contributed by atoms with Gasteiger partial charge in [-0.25, -0.2) is 0 Å². The van der Waals surface area contributed by atoms with Gasteiger partial charge < -0.3 is 4.42 Å². The first kappa shape index (κ1) is 30.3. The van der Waals surface area contributed by atoms with Crippen LogP contribution in [0, 0.1) is 0 Å². The average Bonchev–Trinajstić information content (AvgIpc) is 3.80. The highest BCUT2D eigenvalue weighted by Crippen LogP contribution is 2.46. The lowest BCUT2D eigenvalue weighted by atomic mass is 9.82. The van der Waals surface area contributed by atoms with Crippen LogP contribution in [0.4, 0.5) is 0 Å². The van der Waals surface area contributed by atoms with Gasteiger partial charge in [-0.3, -0.25) is 0 Å². The highest BCUT2D eigenvalue weighted by Gasteiger charge is 2.22. The zero-order chi connectivity index (χ0) is 35.3. The van der Waals surface area contributed by atoms with Gasteiger partial charge in [0, 0.05) is 36.3 Å². The summed E-state index contributed by atoms with van der Waals surface area (Å²) >= 11 is 1.89. The number of para-hydroxylation sites is 1. The molecule has 0 amide bonds. The molecule has 0 fully saturated rings. The Hall–Kier alpha value is -6.22. The molecule has 10 aromatic rings. The van der Waals surface area contributed by atoms with Crippen molar-refractivity contribution in [2.24, 2.45) is 0 Å². The van der Waals surface area contributed by atoms with Gasteiger partial charge in [0.25, 0.3) is 0 Å². The minimum Gasteiger partial charge on any atom is -0.456 e. The van der Waals surface area contributed by atoms with Crippen molar-refractivity contribution in [3.63, 3.8) is 0 Å². The predicted octanol–water partition coefficient (Wildman–Crippen LogP) is 13.8. The molecule has 2 heteroatoms. The van der Waals surface area contributed by atoms with Gasteiger partial charge in [-0.05, 0) is 127 Å². The van der Waals surface area contributed by atoms with Crippen LogP contribution in [0.3, 0.4) is 0 Å². The van der Waals surface area contributed by atoms with Crippen LogP contribution in [-0.4, -0.2) is 0 Å². The first-order chi connectivity index (χ1) is 26.8. The maximum absolute atomic E-state index is 6.52. The zero-order valence-corrected chi connectivity index (χ0v) is 30.5. The number of furan rings is 1. The first-order valence-electron chi connectivity index (χ1n) is 19.1. The third kappa shape index (κ3) is 4.32. The van der Waals surface area contributed by atoms with E-state index < -0.39 is 0 Å². The second-order valence-electron chi connectivity index (χ2n) is 14.9. The fraction of sp³-hybridized carbons (Fsp3) is 0.0769. The monoisotopic (exact) mass is 706 g/mol. The van der Waals surface area contributed by atoms with Crippen molar-refractivity contribution < 1.29 is 4.42 Å². The van der Waals surface area contributed by atoms with Gasteiger partial charge >= 0.3 is 0 Å². The van der Waals surface area contributed by atoms with E-state index in [1.807, 2.05) is 11.3 Å². The summed E-state index contributed by atoms with van der Waals surface area (Å²) in [6.45, 7) is 0. The van der Waals surface area contributed by atoms with Gasteiger partial charge in [0.15, 0.2) is 0 Å². The molecular formula is C52H34OS. The second kappa shape index (κ2) is 11.6. The van der Waals surface area contributed by atoms with Gasteiger partial charge in [-0.15, -0.1) is 11.3 Å². The Morgan fingerprint density at radius 2 is 1.07 bits per heavy atom. The minimum absolute atomic E-state index is 0.932. The lowest BCUT2D eigenvalue weighted by Crippen LogP contribution is -2.31. The van der Waals surface area contributed by atoms with Crippen LogP contribution in [-0.2, 0) is 0 Å². The molecule has 254 valence electrons. The summed E-state index contributed by atoms with van der Waals surface area (Å²) in [6.07, 6.45) is 16.1. The SMILES string of the molecule is C1=CCCC(c2ccc(-c3c4c(c(-c5cc6c7ccccc7sc6c6cc7oc8ccccc8c7cc56)c5ccccc35)=CCCC=4)c3ccccc23)=C1. The van der Waals surface area contributed by atoms with Crippen LogP contribution in [0.1, 0.15) is 31.2 Å². The minimum atomic E-state index is 0.932. The summed E-state index contributed by atoms with van der Waals surface area (Å²) in [6, 6.07) is 47.6. The van der Waals surface area contributed by atoms with Gasteiger partial charge in [0.05, 0.1) is 0 Å². The number of allylic oxidation sites excluding steroid dienone is 4. The Labute approximate surface area is 316 Å². The first-order valence-corrected chi connectivity index (χ1v) is 19.9. The van der Waals surface area contributed by atoms with Crippen LogP contribution in [0.5, 0.6) is 0 Å². The van der Waals surface area contributed by atoms with E-state index in [0.717, 1.165) is 42.2 Å². The molecule has 2 aromatic heterocycles. The molecule has 0 radical (unpaired) electrons. The zero-order valence-electron chi connectivity index (χ0n) is 29.7. The average molecular weight is 707 g/mol. The summed E-state index contributed by atoms with van der Waals surface area (Å²) in [7, 11) is 0. The van der Waals surface area contributed by atoms with Gasteiger partial charge in [-0.2, -0.15) is 0 Å². The van der Waals surface area contributed by atoms with Crippen LogP contribution < -0.4 is 10.4 Å². The fourth-order valence-electron chi connectivity index (χ4n) is 9.58. The highest BCUT2D eigenvalue weighted by atomic mass is 32.1. The van der Waals surface area contributed by atoms with Gasteiger partial charge in [0.2, 0.25) is 0 Å². The smallest absolute Gasteiger partial charge is 0.136 e. The Morgan fingerprint density at radius 3 is 1.83 bits per heavy atom. The van der Waals surface area contributed by atoms with Gasteiger partial charge in [-0.1, -0.05) is 127 Å². The van der Waals surface area contributed by atoms with E-state index in [4.69, 9.17) is 4.42 Å². The topological polar surface area (TPSA) is 13.1 Å². The maximum Gasteiger partial charge on any atom is 0.136 e. The van der Waals surface area contributed by atoms with E-state index in [-0.39, 0.29) is 0 Å². The van der Waals surface area contributed by atoms with E-state index in [1.165, 1.54) is 102 Å². The normalized spacial score (nSPS) is 14.3. The number of hydrogen-bond acceptors (Lipinski definition) is 2. The number of thiophene rings is 1. The number of hydrogen-bond donors (Lipinski definition) is 0. The van der Waals surface area contributed by atoms with Crippen LogP contribution in [0.15, 0.2) is 150 Å². The molecule has 12 rings (SSSR count). The molecule has 0 atom stereocenters. The Bertz CT molecular complexity index is 3440. The van der Waals surface area contributed by atoms with Crippen molar-refractivity contribution in [3.05, 3.63) is 162 Å². The van der Waals surface area contributed by atoms with Crippen molar-refractivity contribution in [1.29, 1.82) is 0 Å². The fourth-order valence-corrected chi connectivity index (χ4v) is 10.8. The molecule has 2 aliphatic rings.